The van der Waals surface area contributed by atoms with E-state index >= 15 is 0 Å². The third-order valence-electron chi connectivity index (χ3n) is 3.33. The van der Waals surface area contributed by atoms with Gasteiger partial charge in [-0.05, 0) is 18.6 Å². The zero-order chi connectivity index (χ0) is 13.7. The van der Waals surface area contributed by atoms with E-state index in [1.54, 1.807) is 7.11 Å². The number of rotatable bonds is 6. The van der Waals surface area contributed by atoms with Gasteiger partial charge in [-0.3, -0.25) is 4.79 Å². The number of methoxy groups -OCH3 is 1. The Balaban J connectivity index is 2.01. The van der Waals surface area contributed by atoms with E-state index < -0.39 is 0 Å². The van der Waals surface area contributed by atoms with Crippen molar-refractivity contribution < 1.29 is 9.53 Å². The van der Waals surface area contributed by atoms with Gasteiger partial charge in [0.15, 0.2) is 0 Å². The van der Waals surface area contributed by atoms with Crippen LogP contribution in [0, 0.1) is 0 Å². The Kier molecular flexibility index (Phi) is 5.16. The maximum atomic E-state index is 12.5. The molecule has 2 heterocycles. The van der Waals surface area contributed by atoms with Crippen LogP contribution in [0.4, 0.5) is 0 Å². The summed E-state index contributed by atoms with van der Waals surface area (Å²) in [4.78, 5) is 16.4. The molecular formula is C15H21NO2S. The van der Waals surface area contributed by atoms with Crippen LogP contribution < -0.4 is 0 Å². The Morgan fingerprint density at radius 2 is 2.37 bits per heavy atom. The third kappa shape index (κ3) is 3.45. The summed E-state index contributed by atoms with van der Waals surface area (Å²) in [6, 6.07) is 4.17. The molecule has 1 aromatic heterocycles. The Hall–Kier alpha value is -1.13. The highest BCUT2D eigenvalue weighted by Gasteiger charge is 2.26. The molecule has 19 heavy (non-hydrogen) atoms. The molecule has 104 valence electrons. The molecule has 0 aromatic carbocycles. The van der Waals surface area contributed by atoms with E-state index in [4.69, 9.17) is 4.74 Å². The Labute approximate surface area is 118 Å². The van der Waals surface area contributed by atoms with Crippen LogP contribution in [0.1, 0.15) is 40.7 Å². The first-order valence-electron chi connectivity index (χ1n) is 6.81. The number of unbranched alkanes of at least 4 members (excludes halogenated alkanes) is 1. The van der Waals surface area contributed by atoms with Crippen molar-refractivity contribution in [1.29, 1.82) is 0 Å². The predicted octanol–water partition coefficient (Wildman–Crippen LogP) is 3.47. The van der Waals surface area contributed by atoms with E-state index in [0.29, 0.717) is 6.61 Å². The van der Waals surface area contributed by atoms with E-state index in [1.807, 2.05) is 17.0 Å². The van der Waals surface area contributed by atoms with Crippen LogP contribution in [0.25, 0.3) is 0 Å². The average Bonchev–Trinajstić information content (AvgIpc) is 3.04. The topological polar surface area (TPSA) is 29.5 Å². The van der Waals surface area contributed by atoms with Crippen LogP contribution in [-0.2, 0) is 11.3 Å². The van der Waals surface area contributed by atoms with Gasteiger partial charge in [0.1, 0.15) is 0 Å². The first-order chi connectivity index (χ1) is 9.26. The molecule has 1 aromatic rings. The number of thiophene rings is 1. The van der Waals surface area contributed by atoms with Crippen molar-refractivity contribution in [1.82, 2.24) is 4.90 Å². The van der Waals surface area contributed by atoms with E-state index in [2.05, 4.69) is 19.1 Å². The van der Waals surface area contributed by atoms with Crippen LogP contribution in [-0.4, -0.2) is 30.5 Å². The largest absolute Gasteiger partial charge is 0.379 e. The molecule has 0 aliphatic carbocycles. The van der Waals surface area contributed by atoms with Gasteiger partial charge >= 0.3 is 0 Å². The molecular weight excluding hydrogens is 258 g/mol. The quantitative estimate of drug-likeness (QED) is 0.746. The number of nitrogens with zero attached hydrogens (tertiary/aromatic N) is 1. The molecule has 2 rings (SSSR count). The Bertz CT molecular complexity index is 453. The lowest BCUT2D eigenvalue weighted by molar-refractivity contribution is 0.0748. The minimum atomic E-state index is 0.151. The molecule has 0 saturated heterocycles. The molecule has 0 radical (unpaired) electrons. The second kappa shape index (κ2) is 6.87. The maximum absolute atomic E-state index is 12.5. The van der Waals surface area contributed by atoms with Crippen molar-refractivity contribution in [3.63, 3.8) is 0 Å². The van der Waals surface area contributed by atoms with Crippen LogP contribution in [0.15, 0.2) is 24.3 Å². The number of carbonyl (C=O) groups excluding carboxylic acids is 1. The lowest BCUT2D eigenvalue weighted by Gasteiger charge is -2.24. The zero-order valence-electron chi connectivity index (χ0n) is 11.6. The summed E-state index contributed by atoms with van der Waals surface area (Å²) >= 11 is 1.53. The van der Waals surface area contributed by atoms with E-state index in [0.717, 1.165) is 29.1 Å². The summed E-state index contributed by atoms with van der Waals surface area (Å²) in [7, 11) is 1.67. The first kappa shape index (κ1) is 14.3. The highest BCUT2D eigenvalue weighted by molar-refractivity contribution is 7.14. The van der Waals surface area contributed by atoms with Crippen molar-refractivity contribution in [3.05, 3.63) is 34.0 Å². The van der Waals surface area contributed by atoms with Crippen molar-refractivity contribution in [2.75, 3.05) is 13.7 Å². The number of ether oxygens (including phenoxy) is 1. The molecule has 0 N–H and O–H groups in total. The van der Waals surface area contributed by atoms with Crippen LogP contribution in [0.3, 0.4) is 0 Å². The van der Waals surface area contributed by atoms with Crippen molar-refractivity contribution in [3.8, 4) is 0 Å². The van der Waals surface area contributed by atoms with Gasteiger partial charge in [0, 0.05) is 18.5 Å². The third-order valence-corrected chi connectivity index (χ3v) is 4.38. The smallest absolute Gasteiger partial charge is 0.264 e. The number of hydrogen-bond acceptors (Lipinski definition) is 3. The zero-order valence-corrected chi connectivity index (χ0v) is 12.4. The highest BCUT2D eigenvalue weighted by atomic mass is 32.1. The second-order valence-corrected chi connectivity index (χ2v) is 5.96. The number of amides is 1. The van der Waals surface area contributed by atoms with Gasteiger partial charge in [-0.1, -0.05) is 31.9 Å². The molecule has 1 atom stereocenters. The average molecular weight is 279 g/mol. The summed E-state index contributed by atoms with van der Waals surface area (Å²) < 4.78 is 5.09. The molecule has 0 fully saturated rings. The Morgan fingerprint density at radius 1 is 1.53 bits per heavy atom. The van der Waals surface area contributed by atoms with Crippen LogP contribution in [0.5, 0.6) is 0 Å². The predicted molar refractivity (Wildman–Crippen MR) is 78.5 cm³/mol. The van der Waals surface area contributed by atoms with Crippen LogP contribution in [0.2, 0.25) is 0 Å². The van der Waals surface area contributed by atoms with E-state index in [9.17, 15) is 4.79 Å². The van der Waals surface area contributed by atoms with Gasteiger partial charge in [0.05, 0.1) is 17.5 Å². The van der Waals surface area contributed by atoms with E-state index in [-0.39, 0.29) is 11.9 Å². The summed E-state index contributed by atoms with van der Waals surface area (Å²) in [5.41, 5.74) is 0. The molecule has 1 aliphatic heterocycles. The van der Waals surface area contributed by atoms with Gasteiger partial charge < -0.3 is 9.64 Å². The minimum Gasteiger partial charge on any atom is -0.379 e. The lowest BCUT2D eigenvalue weighted by atomic mass is 10.1. The summed E-state index contributed by atoms with van der Waals surface area (Å²) in [6.45, 7) is 3.50. The fraction of sp³-hybridized carbons (Fsp3) is 0.533. The summed E-state index contributed by atoms with van der Waals surface area (Å²) in [5, 5.41) is 0. The maximum Gasteiger partial charge on any atom is 0.264 e. The van der Waals surface area contributed by atoms with Gasteiger partial charge in [-0.25, -0.2) is 0 Å². The van der Waals surface area contributed by atoms with Crippen molar-refractivity contribution in [2.24, 2.45) is 0 Å². The van der Waals surface area contributed by atoms with Gasteiger partial charge in [-0.15, -0.1) is 11.3 Å². The lowest BCUT2D eigenvalue weighted by Crippen LogP contribution is -2.35. The van der Waals surface area contributed by atoms with Crippen LogP contribution >= 0.6 is 11.3 Å². The molecule has 3 nitrogen and oxygen atoms in total. The molecule has 1 aliphatic rings. The molecule has 0 bridgehead atoms. The fourth-order valence-electron chi connectivity index (χ4n) is 2.32. The van der Waals surface area contributed by atoms with Gasteiger partial charge in [-0.2, -0.15) is 0 Å². The SMILES string of the molecule is CCCC[C@H]1C=CCN1C(=O)c1ccc(COC)s1. The van der Waals surface area contributed by atoms with Crippen molar-refractivity contribution >= 4 is 17.2 Å². The van der Waals surface area contributed by atoms with Gasteiger partial charge in [0.2, 0.25) is 0 Å². The monoisotopic (exact) mass is 279 g/mol. The summed E-state index contributed by atoms with van der Waals surface area (Å²) in [5.74, 6) is 0.151. The normalized spacial score (nSPS) is 18.2. The molecule has 0 saturated carbocycles. The second-order valence-electron chi connectivity index (χ2n) is 4.79. The Morgan fingerprint density at radius 3 is 3.11 bits per heavy atom. The molecule has 1 amide bonds. The van der Waals surface area contributed by atoms with E-state index in [1.165, 1.54) is 17.8 Å². The van der Waals surface area contributed by atoms with Gasteiger partial charge in [0.25, 0.3) is 5.91 Å². The standard InChI is InChI=1S/C15H21NO2S/c1-3-4-6-12-7-5-10-16(12)15(17)14-9-8-13(19-14)11-18-2/h5,7-9,12H,3-4,6,10-11H2,1-2H3/t12-/m0/s1. The molecule has 0 unspecified atom stereocenters. The highest BCUT2D eigenvalue weighted by Crippen LogP contribution is 2.23. The molecule has 4 heteroatoms. The summed E-state index contributed by atoms with van der Waals surface area (Å²) in [6.07, 6.45) is 7.66. The number of carbonyl (C=O) groups is 1. The fourth-order valence-corrected chi connectivity index (χ4v) is 3.26. The first-order valence-corrected chi connectivity index (χ1v) is 7.63. The molecule has 0 spiro atoms. The minimum absolute atomic E-state index is 0.151. The number of hydrogen-bond donors (Lipinski definition) is 0. The van der Waals surface area contributed by atoms with Crippen molar-refractivity contribution in [2.45, 2.75) is 38.8 Å².